The molecule has 0 spiro atoms. The number of aryl methyl sites for hydroxylation is 1. The van der Waals surface area contributed by atoms with Crippen LogP contribution >= 0.6 is 0 Å². The van der Waals surface area contributed by atoms with E-state index in [1.807, 2.05) is 29.2 Å². The molecule has 174 valence electrons. The first-order valence-electron chi connectivity index (χ1n) is 10.7. The lowest BCUT2D eigenvalue weighted by atomic mass is 9.97. The number of carbonyl (C=O) groups is 1. The number of nitrogens with zero attached hydrogens (tertiary/aromatic N) is 3. The van der Waals surface area contributed by atoms with E-state index in [9.17, 15) is 18.0 Å². The largest absolute Gasteiger partial charge is 0.497 e. The average molecular weight is 459 g/mol. The Labute approximate surface area is 189 Å². The number of aromatic nitrogens is 2. The molecule has 0 aliphatic carbocycles. The molecule has 0 saturated carbocycles. The van der Waals surface area contributed by atoms with Crippen molar-refractivity contribution in [2.45, 2.75) is 37.8 Å². The van der Waals surface area contributed by atoms with Crippen LogP contribution in [0.5, 0.6) is 5.75 Å². The zero-order chi connectivity index (χ0) is 23.4. The molecule has 3 aromatic rings. The number of benzene rings is 2. The van der Waals surface area contributed by atoms with Crippen molar-refractivity contribution in [2.75, 3.05) is 20.2 Å². The van der Waals surface area contributed by atoms with Gasteiger partial charge in [-0.1, -0.05) is 12.1 Å². The minimum Gasteiger partial charge on any atom is -0.497 e. The van der Waals surface area contributed by atoms with Gasteiger partial charge in [0.05, 0.1) is 18.6 Å². The highest BCUT2D eigenvalue weighted by molar-refractivity contribution is 5.76. The number of hydrogen-bond donors (Lipinski definition) is 0. The van der Waals surface area contributed by atoms with Crippen LogP contribution in [0.1, 0.15) is 42.2 Å². The molecule has 1 amide bonds. The van der Waals surface area contributed by atoms with Gasteiger partial charge >= 0.3 is 6.18 Å². The number of alkyl halides is 3. The summed E-state index contributed by atoms with van der Waals surface area (Å²) in [5.41, 5.74) is 0.753. The number of carbonyl (C=O) groups excluding carboxylic acids is 1. The second-order valence-corrected chi connectivity index (χ2v) is 8.05. The van der Waals surface area contributed by atoms with Crippen molar-refractivity contribution in [1.29, 1.82) is 0 Å². The second-order valence-electron chi connectivity index (χ2n) is 8.05. The van der Waals surface area contributed by atoms with Gasteiger partial charge in [0.15, 0.2) is 0 Å². The van der Waals surface area contributed by atoms with Crippen LogP contribution in [0.3, 0.4) is 0 Å². The maximum atomic E-state index is 12.8. The van der Waals surface area contributed by atoms with E-state index < -0.39 is 11.7 Å². The third kappa shape index (κ3) is 5.53. The van der Waals surface area contributed by atoms with Crippen molar-refractivity contribution >= 4 is 5.91 Å². The van der Waals surface area contributed by atoms with Crippen LogP contribution in [-0.4, -0.2) is 41.2 Å². The van der Waals surface area contributed by atoms with Gasteiger partial charge in [-0.25, -0.2) is 0 Å². The summed E-state index contributed by atoms with van der Waals surface area (Å²) in [5, 5.41) is 8.10. The number of rotatable bonds is 6. The molecule has 0 bridgehead atoms. The summed E-state index contributed by atoms with van der Waals surface area (Å²) in [6.07, 6.45) is -1.74. The van der Waals surface area contributed by atoms with Crippen LogP contribution in [-0.2, 0) is 17.4 Å². The Morgan fingerprint density at radius 2 is 1.85 bits per heavy atom. The second kappa shape index (κ2) is 9.64. The quantitative estimate of drug-likeness (QED) is 0.513. The summed E-state index contributed by atoms with van der Waals surface area (Å²) < 4.78 is 49.2. The molecule has 33 heavy (non-hydrogen) atoms. The molecule has 1 unspecified atom stereocenters. The molecule has 2 aromatic carbocycles. The van der Waals surface area contributed by atoms with Crippen LogP contribution in [0, 0.1) is 0 Å². The van der Waals surface area contributed by atoms with Crippen LogP contribution < -0.4 is 4.74 Å². The topological polar surface area (TPSA) is 68.5 Å². The number of methoxy groups -OCH3 is 1. The van der Waals surface area contributed by atoms with E-state index >= 15 is 0 Å². The van der Waals surface area contributed by atoms with Gasteiger partial charge in [-0.3, -0.25) is 4.79 Å². The van der Waals surface area contributed by atoms with Gasteiger partial charge in [-0.2, -0.15) is 13.2 Å². The van der Waals surface area contributed by atoms with E-state index in [1.165, 1.54) is 12.1 Å². The molecule has 1 aromatic heterocycles. The molecular weight excluding hydrogens is 435 g/mol. The van der Waals surface area contributed by atoms with Crippen LogP contribution in [0.2, 0.25) is 0 Å². The number of amides is 1. The van der Waals surface area contributed by atoms with E-state index in [0.29, 0.717) is 37.4 Å². The zero-order valence-corrected chi connectivity index (χ0v) is 18.1. The highest BCUT2D eigenvalue weighted by Gasteiger charge is 2.31. The van der Waals surface area contributed by atoms with Gasteiger partial charge in [-0.05, 0) is 61.2 Å². The van der Waals surface area contributed by atoms with Gasteiger partial charge in [0.25, 0.3) is 0 Å². The van der Waals surface area contributed by atoms with Crippen LogP contribution in [0.4, 0.5) is 13.2 Å². The number of piperidine rings is 1. The average Bonchev–Trinajstić information content (AvgIpc) is 3.33. The van der Waals surface area contributed by atoms with Gasteiger partial charge in [0.1, 0.15) is 5.75 Å². The summed E-state index contributed by atoms with van der Waals surface area (Å²) in [6, 6.07) is 12.3. The van der Waals surface area contributed by atoms with E-state index in [-0.39, 0.29) is 17.7 Å². The maximum Gasteiger partial charge on any atom is 0.416 e. The summed E-state index contributed by atoms with van der Waals surface area (Å²) in [5.74, 6) is 1.32. The fourth-order valence-corrected chi connectivity index (χ4v) is 3.92. The van der Waals surface area contributed by atoms with Gasteiger partial charge in [0.2, 0.25) is 17.7 Å². The molecule has 4 rings (SSSR count). The first-order chi connectivity index (χ1) is 15.8. The highest BCUT2D eigenvalue weighted by Crippen LogP contribution is 2.32. The third-order valence-corrected chi connectivity index (χ3v) is 5.81. The molecule has 6 nitrogen and oxygen atoms in total. The summed E-state index contributed by atoms with van der Waals surface area (Å²) in [4.78, 5) is 14.6. The predicted molar refractivity (Wildman–Crippen MR) is 115 cm³/mol. The summed E-state index contributed by atoms with van der Waals surface area (Å²) in [6.45, 7) is 1.16. The summed E-state index contributed by atoms with van der Waals surface area (Å²) >= 11 is 0. The SMILES string of the molecule is COc1ccc(CCC(=O)N2CCCC(c3nnc(-c4ccc(C(F)(F)F)cc4)o3)C2)cc1. The molecule has 2 heterocycles. The van der Waals surface area contributed by atoms with Crippen molar-refractivity contribution in [2.24, 2.45) is 0 Å². The molecule has 1 aliphatic heterocycles. The zero-order valence-electron chi connectivity index (χ0n) is 18.1. The number of likely N-dealkylation sites (tertiary alicyclic amines) is 1. The van der Waals surface area contributed by atoms with Crippen molar-refractivity contribution in [1.82, 2.24) is 15.1 Å². The fraction of sp³-hybridized carbons (Fsp3) is 0.375. The number of halogens is 3. The lowest BCUT2D eigenvalue weighted by Crippen LogP contribution is -2.39. The minimum atomic E-state index is -4.40. The molecule has 0 N–H and O–H groups in total. The highest BCUT2D eigenvalue weighted by atomic mass is 19.4. The van der Waals surface area contributed by atoms with Crippen LogP contribution in [0.15, 0.2) is 52.9 Å². The monoisotopic (exact) mass is 459 g/mol. The Hall–Kier alpha value is -3.36. The number of hydrogen-bond acceptors (Lipinski definition) is 5. The minimum absolute atomic E-state index is 0.0676. The van der Waals surface area contributed by atoms with E-state index in [0.717, 1.165) is 36.3 Å². The molecule has 1 saturated heterocycles. The summed E-state index contributed by atoms with van der Waals surface area (Å²) in [7, 11) is 1.61. The van der Waals surface area contributed by atoms with Crippen molar-refractivity contribution < 1.29 is 27.1 Å². The molecule has 9 heteroatoms. The number of ether oxygens (including phenoxy) is 1. The molecule has 1 fully saturated rings. The Morgan fingerprint density at radius 3 is 2.52 bits per heavy atom. The Bertz CT molecular complexity index is 1080. The van der Waals surface area contributed by atoms with Gasteiger partial charge < -0.3 is 14.1 Å². The lowest BCUT2D eigenvalue weighted by molar-refractivity contribution is -0.137. The van der Waals surface area contributed by atoms with Crippen molar-refractivity contribution in [3.63, 3.8) is 0 Å². The lowest BCUT2D eigenvalue weighted by Gasteiger charge is -2.31. The predicted octanol–water partition coefficient (Wildman–Crippen LogP) is 5.10. The Morgan fingerprint density at radius 1 is 1.12 bits per heavy atom. The maximum absolute atomic E-state index is 12.8. The van der Waals surface area contributed by atoms with Crippen molar-refractivity contribution in [3.05, 3.63) is 65.5 Å². The first-order valence-corrected chi connectivity index (χ1v) is 10.7. The third-order valence-electron chi connectivity index (χ3n) is 5.81. The smallest absolute Gasteiger partial charge is 0.416 e. The molecule has 1 aliphatic rings. The van der Waals surface area contributed by atoms with Gasteiger partial charge in [-0.15, -0.1) is 10.2 Å². The van der Waals surface area contributed by atoms with Crippen molar-refractivity contribution in [3.8, 4) is 17.2 Å². The Kier molecular flexibility index (Phi) is 6.67. The standard InChI is InChI=1S/C24H24F3N3O3/c1-32-20-11-4-16(5-12-20)6-13-21(31)30-14-2-3-18(15-30)23-29-28-22(33-23)17-7-9-19(10-8-17)24(25,26)27/h4-5,7-12,18H,2-3,6,13-15H2,1H3. The molecule has 1 atom stereocenters. The van der Waals surface area contributed by atoms with E-state index in [4.69, 9.17) is 9.15 Å². The van der Waals surface area contributed by atoms with E-state index in [1.54, 1.807) is 7.11 Å². The van der Waals surface area contributed by atoms with Gasteiger partial charge in [0, 0.05) is 25.1 Å². The Balaban J connectivity index is 1.36. The molecular formula is C24H24F3N3O3. The van der Waals surface area contributed by atoms with E-state index in [2.05, 4.69) is 10.2 Å². The normalized spacial score (nSPS) is 16.6. The first kappa shape index (κ1) is 22.8. The molecule has 0 radical (unpaired) electrons. The fourth-order valence-electron chi connectivity index (χ4n) is 3.92. The van der Waals surface area contributed by atoms with Crippen LogP contribution in [0.25, 0.3) is 11.5 Å².